The fourth-order valence-corrected chi connectivity index (χ4v) is 2.87. The summed E-state index contributed by atoms with van der Waals surface area (Å²) in [6.45, 7) is 4.19. The monoisotopic (exact) mass is 664 g/mol. The van der Waals surface area contributed by atoms with Crippen molar-refractivity contribution in [2.45, 2.75) is 38.2 Å². The van der Waals surface area contributed by atoms with Gasteiger partial charge in [-0.15, -0.1) is 24.0 Å². The van der Waals surface area contributed by atoms with E-state index in [0.717, 1.165) is 12.8 Å². The molecule has 0 unspecified atom stereocenters. The molecule has 2 aliphatic carbocycles. The molecule has 0 aromatic heterocycles. The maximum Gasteiger partial charge on any atom is -1.00 e. The van der Waals surface area contributed by atoms with Gasteiger partial charge in [0.1, 0.15) is 0 Å². The summed E-state index contributed by atoms with van der Waals surface area (Å²) in [5, 5.41) is 0. The molecule has 0 N–H and O–H groups in total. The summed E-state index contributed by atoms with van der Waals surface area (Å²) in [6.07, 6.45) is 12.9. The molecular weight excluding hydrogens is 634 g/mol. The van der Waals surface area contributed by atoms with Crippen LogP contribution in [0.3, 0.4) is 0 Å². The molecule has 0 radical (unpaired) electrons. The fourth-order valence-electron chi connectivity index (χ4n) is 2.87. The van der Waals surface area contributed by atoms with Gasteiger partial charge in [0.05, 0.1) is 0 Å². The summed E-state index contributed by atoms with van der Waals surface area (Å²) in [6, 6.07) is 21.0. The zero-order chi connectivity index (χ0) is 20.4. The van der Waals surface area contributed by atoms with Crippen LogP contribution in [0.4, 0.5) is 0 Å². The van der Waals surface area contributed by atoms with E-state index in [1.807, 2.05) is 12.1 Å². The molecule has 0 nitrogen and oxygen atoms in total. The summed E-state index contributed by atoms with van der Waals surface area (Å²) < 4.78 is 0. The first kappa shape index (κ1) is 29.4. The number of rotatable bonds is 2. The van der Waals surface area contributed by atoms with Crippen LogP contribution in [0.1, 0.15) is 37.8 Å². The minimum atomic E-state index is -0.194. The Morgan fingerprint density at radius 3 is 1.20 bits per heavy atom. The Morgan fingerprint density at radius 2 is 0.967 bits per heavy atom. The minimum absolute atomic E-state index is 0. The van der Waals surface area contributed by atoms with E-state index in [2.05, 4.69) is 98.2 Å². The van der Waals surface area contributed by atoms with Crippen LogP contribution >= 0.6 is 0 Å². The molecule has 4 heteroatoms. The first-order chi connectivity index (χ1) is 13.5. The van der Waals surface area contributed by atoms with E-state index in [4.69, 9.17) is 0 Å². The molecule has 0 spiro atoms. The molecule has 0 atom stereocenters. The van der Waals surface area contributed by atoms with Gasteiger partial charge < -0.3 is 24.8 Å². The van der Waals surface area contributed by atoms with Crippen LogP contribution in [0.5, 0.6) is 0 Å². The molecule has 0 aliphatic heterocycles. The third-order valence-corrected chi connectivity index (χ3v) is 4.19. The molecule has 0 bridgehead atoms. The van der Waals surface area contributed by atoms with E-state index < -0.39 is 0 Å². The molecule has 156 valence electrons. The van der Waals surface area contributed by atoms with Gasteiger partial charge in [-0.1, -0.05) is 74.5 Å². The van der Waals surface area contributed by atoms with Gasteiger partial charge in [-0.2, -0.15) is 0 Å². The summed E-state index contributed by atoms with van der Waals surface area (Å²) >= 11 is 1.52. The Labute approximate surface area is 211 Å². The SMILES string of the molecule is CC1=[C-]CC(c2ccccc2)=C1.CC1=[C-]CC(c2ccccc2)=C1.[CH3][Ge]([CH3])=[Hf+2].[Cl-].[Cl-]. The fraction of sp³-hybridized carbons (Fsp3) is 0.231. The first-order valence-corrected chi connectivity index (χ1v) is 24.2. The Balaban J connectivity index is 0.000000452. The van der Waals surface area contributed by atoms with Crippen molar-refractivity contribution in [3.8, 4) is 0 Å². The van der Waals surface area contributed by atoms with Gasteiger partial charge in [-0.25, -0.2) is 23.3 Å². The molecule has 2 aliphatic rings. The van der Waals surface area contributed by atoms with Gasteiger partial charge in [-0.3, -0.25) is 12.2 Å². The third-order valence-electron chi connectivity index (χ3n) is 4.19. The summed E-state index contributed by atoms with van der Waals surface area (Å²) in [5.74, 6) is 4.79. The van der Waals surface area contributed by atoms with Crippen molar-refractivity contribution in [3.63, 3.8) is 0 Å². The van der Waals surface area contributed by atoms with Crippen molar-refractivity contribution in [3.05, 3.63) is 107 Å². The number of allylic oxidation sites excluding steroid dienone is 8. The number of hydrogen-bond donors (Lipinski definition) is 0. The van der Waals surface area contributed by atoms with Crippen LogP contribution < -0.4 is 24.8 Å². The average molecular weight is 663 g/mol. The summed E-state index contributed by atoms with van der Waals surface area (Å²) in [7, 11) is -0.194. The van der Waals surface area contributed by atoms with E-state index >= 15 is 0 Å². The van der Waals surface area contributed by atoms with Crippen molar-refractivity contribution in [1.29, 1.82) is 0 Å². The summed E-state index contributed by atoms with van der Waals surface area (Å²) in [4.78, 5) is 0. The minimum Gasteiger partial charge on any atom is -1.00 e. The smallest absolute Gasteiger partial charge is 1.00 e. The average Bonchev–Trinajstić information content (AvgIpc) is 3.32. The topological polar surface area (TPSA) is 0 Å². The molecule has 2 aromatic rings. The summed E-state index contributed by atoms with van der Waals surface area (Å²) in [5.41, 5.74) is 7.92. The predicted molar refractivity (Wildman–Crippen MR) is 120 cm³/mol. The Kier molecular flexibility index (Phi) is 15.8. The Morgan fingerprint density at radius 1 is 0.667 bits per heavy atom. The normalized spacial score (nSPS) is 13.5. The second-order valence-corrected chi connectivity index (χ2v) is 30.0. The maximum absolute atomic E-state index is 3.29. The molecule has 4 rings (SSSR count). The first-order valence-electron chi connectivity index (χ1n) is 9.64. The third kappa shape index (κ3) is 11.1. The maximum atomic E-state index is 3.29. The molecular formula is C26H28Cl2GeHf-2. The second-order valence-electron chi connectivity index (χ2n) is 7.14. The van der Waals surface area contributed by atoms with Crippen LogP contribution in [0, 0.1) is 12.2 Å². The van der Waals surface area contributed by atoms with Crippen molar-refractivity contribution >= 4 is 21.2 Å². The van der Waals surface area contributed by atoms with Gasteiger partial charge in [0, 0.05) is 0 Å². The quantitative estimate of drug-likeness (QED) is 0.336. The standard InChI is InChI=1S/2C12H11.C2H6Ge.2ClH.Hf/c2*1-10-7-8-12(9-10)11-5-3-2-4-6-11;1-3-2;;;/h2*2-6,9H,8H2,1H3;1-2H3;2*1H;/q2*-1;;;;+2/p-2. The van der Waals surface area contributed by atoms with Crippen molar-refractivity contribution in [2.75, 3.05) is 0 Å². The van der Waals surface area contributed by atoms with Crippen LogP contribution in [0.15, 0.2) is 84.0 Å². The number of benzene rings is 2. The molecule has 0 saturated heterocycles. The van der Waals surface area contributed by atoms with Crippen LogP contribution in [-0.4, -0.2) is 10.1 Å². The molecule has 0 heterocycles. The zero-order valence-electron chi connectivity index (χ0n) is 18.1. The van der Waals surface area contributed by atoms with Crippen molar-refractivity contribution in [1.82, 2.24) is 0 Å². The van der Waals surface area contributed by atoms with E-state index in [1.54, 1.807) is 0 Å². The second kappa shape index (κ2) is 16.1. The molecule has 0 amide bonds. The van der Waals surface area contributed by atoms with Gasteiger partial charge >= 0.3 is 42.8 Å². The van der Waals surface area contributed by atoms with E-state index in [0.29, 0.717) is 0 Å². The van der Waals surface area contributed by atoms with Gasteiger partial charge in [0.25, 0.3) is 0 Å². The van der Waals surface area contributed by atoms with E-state index in [-0.39, 0.29) is 34.9 Å². The molecule has 30 heavy (non-hydrogen) atoms. The van der Waals surface area contributed by atoms with Gasteiger partial charge in [0.2, 0.25) is 0 Å². The van der Waals surface area contributed by atoms with E-state index in [9.17, 15) is 0 Å². The van der Waals surface area contributed by atoms with Gasteiger partial charge in [-0.05, 0) is 11.1 Å². The molecule has 2 aromatic carbocycles. The Hall–Kier alpha value is -0.607. The van der Waals surface area contributed by atoms with Crippen LogP contribution in [-0.2, 0) is 21.3 Å². The van der Waals surface area contributed by atoms with Crippen LogP contribution in [0.25, 0.3) is 11.1 Å². The predicted octanol–water partition coefficient (Wildman–Crippen LogP) is 1.24. The van der Waals surface area contributed by atoms with Crippen LogP contribution in [0.2, 0.25) is 11.5 Å². The zero-order valence-corrected chi connectivity index (χ0v) is 25.3. The number of halogens is 2. The van der Waals surface area contributed by atoms with Crippen molar-refractivity contribution < 1.29 is 46.1 Å². The Bertz CT molecular complexity index is 835. The molecule has 0 fully saturated rings. The van der Waals surface area contributed by atoms with E-state index in [1.165, 1.54) is 54.7 Å². The largest absolute Gasteiger partial charge is 1.00 e. The van der Waals surface area contributed by atoms with Crippen molar-refractivity contribution in [2.24, 2.45) is 0 Å². The number of hydrogen-bond acceptors (Lipinski definition) is 0. The van der Waals surface area contributed by atoms with Gasteiger partial charge in [0.15, 0.2) is 0 Å². The molecule has 0 saturated carbocycles.